The Labute approximate surface area is 71.8 Å². The van der Waals surface area contributed by atoms with Crippen LogP contribution < -0.4 is 0 Å². The van der Waals surface area contributed by atoms with E-state index in [9.17, 15) is 4.79 Å². The number of carbonyl (C=O) groups excluding carboxylic acids is 1. The van der Waals surface area contributed by atoms with Gasteiger partial charge in [-0.3, -0.25) is 4.79 Å². The number of Topliss-reactive ketones (excluding diaryl/α,β-unsaturated/α-hetero) is 1. The summed E-state index contributed by atoms with van der Waals surface area (Å²) in [6.07, 6.45) is -0.910. The highest BCUT2D eigenvalue weighted by Crippen LogP contribution is 2.05. The van der Waals surface area contributed by atoms with Crippen LogP contribution in [0, 0.1) is 6.92 Å². The van der Waals surface area contributed by atoms with Crippen molar-refractivity contribution in [1.82, 2.24) is 0 Å². The summed E-state index contributed by atoms with van der Waals surface area (Å²) in [6.45, 7) is 3.43. The van der Waals surface area contributed by atoms with Crippen molar-refractivity contribution in [3.63, 3.8) is 0 Å². The van der Waals surface area contributed by atoms with Crippen LogP contribution in [0.1, 0.15) is 22.8 Å². The highest BCUT2D eigenvalue weighted by atomic mass is 16.3. The number of aliphatic hydroxyl groups is 1. The molecular formula is C10H12O2. The van der Waals surface area contributed by atoms with Crippen LogP contribution in [0.2, 0.25) is 0 Å². The second-order valence-corrected chi connectivity index (χ2v) is 2.91. The van der Waals surface area contributed by atoms with Crippen molar-refractivity contribution < 1.29 is 9.90 Å². The molecule has 0 spiro atoms. The summed E-state index contributed by atoms with van der Waals surface area (Å²) in [5.41, 5.74) is 1.67. The molecule has 0 bridgehead atoms. The molecule has 0 saturated carbocycles. The van der Waals surface area contributed by atoms with Crippen molar-refractivity contribution in [1.29, 1.82) is 0 Å². The number of carbonyl (C=O) groups is 1. The molecule has 1 aromatic carbocycles. The molecule has 0 saturated heterocycles. The molecule has 64 valence electrons. The zero-order chi connectivity index (χ0) is 9.14. The molecule has 1 unspecified atom stereocenters. The number of rotatable bonds is 2. The summed E-state index contributed by atoms with van der Waals surface area (Å²) in [7, 11) is 0. The van der Waals surface area contributed by atoms with Gasteiger partial charge in [-0.15, -0.1) is 0 Å². The maximum atomic E-state index is 11.2. The zero-order valence-corrected chi connectivity index (χ0v) is 7.24. The van der Waals surface area contributed by atoms with Gasteiger partial charge in [-0.05, 0) is 13.8 Å². The van der Waals surface area contributed by atoms with Gasteiger partial charge in [0.1, 0.15) is 6.10 Å². The van der Waals surface area contributed by atoms with E-state index in [1.54, 1.807) is 12.1 Å². The van der Waals surface area contributed by atoms with E-state index in [0.29, 0.717) is 5.56 Å². The van der Waals surface area contributed by atoms with Crippen molar-refractivity contribution in [2.24, 2.45) is 0 Å². The molecule has 1 N–H and O–H groups in total. The third kappa shape index (κ3) is 1.92. The van der Waals surface area contributed by atoms with E-state index in [1.807, 2.05) is 19.1 Å². The third-order valence-corrected chi connectivity index (χ3v) is 1.72. The van der Waals surface area contributed by atoms with Crippen LogP contribution in [0.5, 0.6) is 0 Å². The molecule has 0 aliphatic heterocycles. The monoisotopic (exact) mass is 164 g/mol. The number of hydrogen-bond acceptors (Lipinski definition) is 2. The molecule has 0 amide bonds. The largest absolute Gasteiger partial charge is 0.385 e. The first-order chi connectivity index (χ1) is 5.61. The Morgan fingerprint density at radius 2 is 1.83 bits per heavy atom. The normalized spacial score (nSPS) is 12.6. The summed E-state index contributed by atoms with van der Waals surface area (Å²) in [5, 5.41) is 8.99. The quantitative estimate of drug-likeness (QED) is 0.673. The van der Waals surface area contributed by atoms with Crippen molar-refractivity contribution in [2.75, 3.05) is 0 Å². The molecule has 0 fully saturated rings. The van der Waals surface area contributed by atoms with Crippen LogP contribution in [-0.4, -0.2) is 17.0 Å². The van der Waals surface area contributed by atoms with Crippen molar-refractivity contribution in [3.8, 4) is 0 Å². The lowest BCUT2D eigenvalue weighted by atomic mass is 10.1. The summed E-state index contributed by atoms with van der Waals surface area (Å²) in [4.78, 5) is 11.2. The first kappa shape index (κ1) is 8.94. The van der Waals surface area contributed by atoms with Crippen molar-refractivity contribution in [2.45, 2.75) is 20.0 Å². The Balaban J connectivity index is 2.90. The molecule has 2 nitrogen and oxygen atoms in total. The number of aryl methyl sites for hydroxylation is 1. The average Bonchev–Trinajstić information content (AvgIpc) is 2.04. The lowest BCUT2D eigenvalue weighted by Gasteiger charge is -2.02. The lowest BCUT2D eigenvalue weighted by molar-refractivity contribution is 0.0779. The van der Waals surface area contributed by atoms with Gasteiger partial charge in [-0.1, -0.05) is 29.8 Å². The van der Waals surface area contributed by atoms with E-state index < -0.39 is 6.10 Å². The molecule has 1 atom stereocenters. The molecule has 2 heteroatoms. The minimum Gasteiger partial charge on any atom is -0.385 e. The van der Waals surface area contributed by atoms with Crippen molar-refractivity contribution in [3.05, 3.63) is 35.4 Å². The topological polar surface area (TPSA) is 37.3 Å². The van der Waals surface area contributed by atoms with E-state index in [0.717, 1.165) is 5.56 Å². The smallest absolute Gasteiger partial charge is 0.190 e. The van der Waals surface area contributed by atoms with Crippen LogP contribution >= 0.6 is 0 Å². The maximum Gasteiger partial charge on any atom is 0.190 e. The number of aliphatic hydroxyl groups excluding tert-OH is 1. The summed E-state index contributed by atoms with van der Waals surface area (Å²) < 4.78 is 0. The molecule has 0 aliphatic carbocycles. The van der Waals surface area contributed by atoms with Gasteiger partial charge in [0.05, 0.1) is 0 Å². The van der Waals surface area contributed by atoms with Crippen LogP contribution in [-0.2, 0) is 0 Å². The Morgan fingerprint density at radius 3 is 2.25 bits per heavy atom. The Morgan fingerprint density at radius 1 is 1.33 bits per heavy atom. The number of benzene rings is 1. The fourth-order valence-corrected chi connectivity index (χ4v) is 0.959. The van der Waals surface area contributed by atoms with Gasteiger partial charge in [0, 0.05) is 5.56 Å². The zero-order valence-electron chi connectivity index (χ0n) is 7.24. The van der Waals surface area contributed by atoms with E-state index in [1.165, 1.54) is 6.92 Å². The number of hydrogen-bond donors (Lipinski definition) is 1. The third-order valence-electron chi connectivity index (χ3n) is 1.72. The molecule has 0 aromatic heterocycles. The highest BCUT2D eigenvalue weighted by molar-refractivity contribution is 5.98. The fourth-order valence-electron chi connectivity index (χ4n) is 0.959. The van der Waals surface area contributed by atoms with E-state index in [-0.39, 0.29) is 5.78 Å². The minimum absolute atomic E-state index is 0.227. The fraction of sp³-hybridized carbons (Fsp3) is 0.300. The Hall–Kier alpha value is -1.15. The van der Waals surface area contributed by atoms with Crippen LogP contribution in [0.15, 0.2) is 24.3 Å². The number of ketones is 1. The minimum atomic E-state index is -0.910. The van der Waals surface area contributed by atoms with Gasteiger partial charge >= 0.3 is 0 Å². The van der Waals surface area contributed by atoms with Gasteiger partial charge in [0.15, 0.2) is 5.78 Å². The predicted octanol–water partition coefficient (Wildman–Crippen LogP) is 1.56. The van der Waals surface area contributed by atoms with Crippen LogP contribution in [0.3, 0.4) is 0 Å². The van der Waals surface area contributed by atoms with E-state index >= 15 is 0 Å². The van der Waals surface area contributed by atoms with Crippen molar-refractivity contribution >= 4 is 5.78 Å². The summed E-state index contributed by atoms with van der Waals surface area (Å²) >= 11 is 0. The maximum absolute atomic E-state index is 11.2. The molecule has 12 heavy (non-hydrogen) atoms. The van der Waals surface area contributed by atoms with Crippen LogP contribution in [0.25, 0.3) is 0 Å². The molecule has 1 rings (SSSR count). The molecule has 0 heterocycles. The standard InChI is InChI=1S/C10H12O2/c1-7-3-5-9(6-4-7)10(12)8(2)11/h3-6,8,11H,1-2H3. The molecular weight excluding hydrogens is 152 g/mol. The Bertz CT molecular complexity index is 272. The Kier molecular flexibility index (Phi) is 2.61. The van der Waals surface area contributed by atoms with Gasteiger partial charge in [0.25, 0.3) is 0 Å². The lowest BCUT2D eigenvalue weighted by Crippen LogP contribution is -2.15. The van der Waals surface area contributed by atoms with Gasteiger partial charge < -0.3 is 5.11 Å². The molecule has 0 radical (unpaired) electrons. The average molecular weight is 164 g/mol. The van der Waals surface area contributed by atoms with E-state index in [2.05, 4.69) is 0 Å². The predicted molar refractivity (Wildman–Crippen MR) is 47.2 cm³/mol. The SMILES string of the molecule is Cc1ccc(C(=O)C(C)O)cc1. The molecule has 0 aliphatic rings. The van der Waals surface area contributed by atoms with Gasteiger partial charge in [-0.25, -0.2) is 0 Å². The molecule has 1 aromatic rings. The first-order valence-corrected chi connectivity index (χ1v) is 3.90. The van der Waals surface area contributed by atoms with E-state index in [4.69, 9.17) is 5.11 Å². The second-order valence-electron chi connectivity index (χ2n) is 2.91. The van der Waals surface area contributed by atoms with Gasteiger partial charge in [0.2, 0.25) is 0 Å². The second kappa shape index (κ2) is 3.50. The highest BCUT2D eigenvalue weighted by Gasteiger charge is 2.10. The summed E-state index contributed by atoms with van der Waals surface area (Å²) in [5.74, 6) is -0.227. The summed E-state index contributed by atoms with van der Waals surface area (Å²) in [6, 6.07) is 7.17. The van der Waals surface area contributed by atoms with Crippen LogP contribution in [0.4, 0.5) is 0 Å². The van der Waals surface area contributed by atoms with Gasteiger partial charge in [-0.2, -0.15) is 0 Å². The first-order valence-electron chi connectivity index (χ1n) is 3.90.